The van der Waals surface area contributed by atoms with E-state index in [9.17, 15) is 4.21 Å². The molecule has 104 valence electrons. The second kappa shape index (κ2) is 4.84. The quantitative estimate of drug-likeness (QED) is 0.617. The number of hydrogen-bond donors (Lipinski definition) is 0. The van der Waals surface area contributed by atoms with E-state index in [0.29, 0.717) is 10.4 Å². The number of pyridine rings is 1. The first kappa shape index (κ1) is 15.0. The van der Waals surface area contributed by atoms with Crippen LogP contribution in [0.1, 0.15) is 27.7 Å². The number of rotatable bonds is 2. The molecule has 1 fully saturated rings. The molecule has 1 unspecified atom stereocenters. The minimum Gasteiger partial charge on any atom is -0.399 e. The van der Waals surface area contributed by atoms with E-state index in [1.165, 1.54) is 6.20 Å². The summed E-state index contributed by atoms with van der Waals surface area (Å²) >= 11 is 6.13. The average molecular weight is 302 g/mol. The largest absolute Gasteiger partial charge is 0.499 e. The van der Waals surface area contributed by atoms with Gasteiger partial charge in [-0.25, -0.2) is 4.98 Å². The minimum atomic E-state index is -1.18. The van der Waals surface area contributed by atoms with E-state index in [1.54, 1.807) is 12.3 Å². The van der Waals surface area contributed by atoms with Gasteiger partial charge in [-0.2, -0.15) is 0 Å². The summed E-state index contributed by atoms with van der Waals surface area (Å²) in [5.74, 6) is 0. The molecule has 1 aromatic rings. The molecule has 1 atom stereocenters. The molecule has 0 N–H and O–H groups in total. The van der Waals surface area contributed by atoms with Gasteiger partial charge >= 0.3 is 7.12 Å². The topological polar surface area (TPSA) is 48.4 Å². The van der Waals surface area contributed by atoms with Crippen LogP contribution in [-0.2, 0) is 20.1 Å². The Hall–Kier alpha value is -0.425. The molecule has 7 heteroatoms. The van der Waals surface area contributed by atoms with E-state index >= 15 is 0 Å². The van der Waals surface area contributed by atoms with E-state index in [1.807, 2.05) is 27.7 Å². The average Bonchev–Trinajstić information content (AvgIpc) is 2.47. The van der Waals surface area contributed by atoms with Crippen LogP contribution in [0.2, 0.25) is 5.15 Å². The Bertz CT molecular complexity index is 520. The van der Waals surface area contributed by atoms with Crippen LogP contribution in [0.15, 0.2) is 17.2 Å². The molecule has 19 heavy (non-hydrogen) atoms. The van der Waals surface area contributed by atoms with Crippen LogP contribution in [0.3, 0.4) is 0 Å². The molecule has 2 rings (SSSR count). The molecule has 1 aromatic heterocycles. The van der Waals surface area contributed by atoms with Gasteiger partial charge in [0, 0.05) is 33.6 Å². The lowest BCUT2D eigenvalue weighted by Gasteiger charge is -2.32. The van der Waals surface area contributed by atoms with Gasteiger partial charge in [-0.05, 0) is 33.8 Å². The second-order valence-electron chi connectivity index (χ2n) is 5.56. The highest BCUT2D eigenvalue weighted by molar-refractivity contribution is 7.84. The highest BCUT2D eigenvalue weighted by atomic mass is 35.5. The highest BCUT2D eigenvalue weighted by Gasteiger charge is 2.53. The molecule has 1 aliphatic heterocycles. The van der Waals surface area contributed by atoms with E-state index in [2.05, 4.69) is 4.98 Å². The van der Waals surface area contributed by atoms with E-state index < -0.39 is 29.1 Å². The van der Waals surface area contributed by atoms with Gasteiger partial charge in [-0.3, -0.25) is 4.21 Å². The first-order chi connectivity index (χ1) is 8.66. The maximum atomic E-state index is 11.8. The fourth-order valence-electron chi connectivity index (χ4n) is 1.86. The SMILES string of the molecule is CS(=O)c1ccnc(Cl)c1B1OC(C)(C)C(C)(C)O1. The van der Waals surface area contributed by atoms with Gasteiger partial charge in [-0.15, -0.1) is 0 Å². The molecule has 4 nitrogen and oxygen atoms in total. The molecular formula is C12H17BClNO3S. The fourth-order valence-corrected chi connectivity index (χ4v) is 2.91. The molecule has 0 bridgehead atoms. The molecule has 0 radical (unpaired) electrons. The van der Waals surface area contributed by atoms with E-state index in [0.717, 1.165) is 0 Å². The van der Waals surface area contributed by atoms with Gasteiger partial charge in [0.05, 0.1) is 11.2 Å². The maximum Gasteiger partial charge on any atom is 0.499 e. The van der Waals surface area contributed by atoms with E-state index in [-0.39, 0.29) is 5.15 Å². The summed E-state index contributed by atoms with van der Waals surface area (Å²) in [4.78, 5) is 4.63. The van der Waals surface area contributed by atoms with Gasteiger partial charge in [0.25, 0.3) is 0 Å². The predicted octanol–water partition coefficient (Wildman–Crippen LogP) is 1.77. The van der Waals surface area contributed by atoms with Gasteiger partial charge < -0.3 is 9.31 Å². The Balaban J connectivity index is 2.48. The van der Waals surface area contributed by atoms with Gasteiger partial charge in [-0.1, -0.05) is 11.6 Å². The van der Waals surface area contributed by atoms with Gasteiger partial charge in [0.1, 0.15) is 5.15 Å². The third-order valence-corrected chi connectivity index (χ3v) is 4.98. The monoisotopic (exact) mass is 301 g/mol. The highest BCUT2D eigenvalue weighted by Crippen LogP contribution is 2.37. The van der Waals surface area contributed by atoms with Crippen molar-refractivity contribution in [3.63, 3.8) is 0 Å². The number of halogens is 1. The summed E-state index contributed by atoms with van der Waals surface area (Å²) < 4.78 is 23.7. The normalized spacial score (nSPS) is 22.5. The Labute approximate surface area is 121 Å². The summed E-state index contributed by atoms with van der Waals surface area (Å²) in [6.07, 6.45) is 3.13. The van der Waals surface area contributed by atoms with Crippen molar-refractivity contribution in [2.45, 2.75) is 43.8 Å². The van der Waals surface area contributed by atoms with Gasteiger partial charge in [0.15, 0.2) is 0 Å². The van der Waals surface area contributed by atoms with E-state index in [4.69, 9.17) is 20.9 Å². The molecule has 1 saturated heterocycles. The number of aromatic nitrogens is 1. The molecular weight excluding hydrogens is 284 g/mol. The first-order valence-electron chi connectivity index (χ1n) is 5.99. The molecule has 2 heterocycles. The van der Waals surface area contributed by atoms with Crippen LogP contribution in [0.4, 0.5) is 0 Å². The van der Waals surface area contributed by atoms with Crippen molar-refractivity contribution >= 4 is 35.0 Å². The lowest BCUT2D eigenvalue weighted by atomic mass is 9.80. The fraction of sp³-hybridized carbons (Fsp3) is 0.583. The molecule has 1 aliphatic rings. The molecule has 0 aliphatic carbocycles. The Morgan fingerprint density at radius 3 is 2.26 bits per heavy atom. The summed E-state index contributed by atoms with van der Waals surface area (Å²) in [5, 5.41) is 0.270. The maximum absolute atomic E-state index is 11.8. The zero-order valence-corrected chi connectivity index (χ0v) is 13.3. The summed E-state index contributed by atoms with van der Waals surface area (Å²) in [6, 6.07) is 1.68. The Kier molecular flexibility index (Phi) is 3.82. The molecule has 0 spiro atoms. The molecule has 0 aromatic carbocycles. The predicted molar refractivity (Wildman–Crippen MR) is 77.3 cm³/mol. The van der Waals surface area contributed by atoms with Crippen LogP contribution >= 0.6 is 11.6 Å². The lowest BCUT2D eigenvalue weighted by Crippen LogP contribution is -2.41. The van der Waals surface area contributed by atoms with Gasteiger partial charge in [0.2, 0.25) is 0 Å². The number of nitrogens with zero attached hydrogens (tertiary/aromatic N) is 1. The second-order valence-corrected chi connectivity index (χ2v) is 7.26. The zero-order chi connectivity index (χ0) is 14.4. The van der Waals surface area contributed by atoms with Crippen LogP contribution < -0.4 is 5.46 Å². The number of hydrogen-bond acceptors (Lipinski definition) is 4. The van der Waals surface area contributed by atoms with Crippen molar-refractivity contribution < 1.29 is 13.5 Å². The molecule has 0 amide bonds. The third kappa shape index (κ3) is 2.59. The molecule has 0 saturated carbocycles. The van der Waals surface area contributed by atoms with Crippen molar-refractivity contribution in [1.29, 1.82) is 0 Å². The summed E-state index contributed by atoms with van der Waals surface area (Å²) in [6.45, 7) is 7.83. The summed E-state index contributed by atoms with van der Waals surface area (Å²) in [5.41, 5.74) is -0.379. The Morgan fingerprint density at radius 2 is 1.79 bits per heavy atom. The third-order valence-electron chi connectivity index (χ3n) is 3.70. The first-order valence-corrected chi connectivity index (χ1v) is 7.93. The van der Waals surface area contributed by atoms with Crippen LogP contribution in [0, 0.1) is 0 Å². The lowest BCUT2D eigenvalue weighted by molar-refractivity contribution is 0.00578. The summed E-state index contributed by atoms with van der Waals surface area (Å²) in [7, 11) is -1.83. The van der Waals surface area contributed by atoms with Crippen molar-refractivity contribution in [3.8, 4) is 0 Å². The smallest absolute Gasteiger partial charge is 0.399 e. The Morgan fingerprint density at radius 1 is 1.26 bits per heavy atom. The van der Waals surface area contributed by atoms with Crippen molar-refractivity contribution in [2.24, 2.45) is 0 Å². The van der Waals surface area contributed by atoms with Crippen LogP contribution in [0.5, 0.6) is 0 Å². The van der Waals surface area contributed by atoms with Crippen molar-refractivity contribution in [1.82, 2.24) is 4.98 Å². The minimum absolute atomic E-state index is 0.270. The van der Waals surface area contributed by atoms with Crippen LogP contribution in [0.25, 0.3) is 0 Å². The standard InChI is InChI=1S/C12H17BClNO3S/c1-11(2)12(3,4)18-13(17-11)9-8(19(5)16)6-7-15-10(9)14/h6-7H,1-5H3. The van der Waals surface area contributed by atoms with Crippen molar-refractivity contribution in [2.75, 3.05) is 6.26 Å². The zero-order valence-electron chi connectivity index (χ0n) is 11.7. The van der Waals surface area contributed by atoms with Crippen LogP contribution in [-0.4, -0.2) is 33.8 Å². The van der Waals surface area contributed by atoms with Crippen molar-refractivity contribution in [3.05, 3.63) is 17.4 Å².